The lowest BCUT2D eigenvalue weighted by atomic mass is 10.1. The number of hydrogen-bond donors (Lipinski definition) is 2. The fourth-order valence-electron chi connectivity index (χ4n) is 2.22. The Bertz CT molecular complexity index is 665. The first-order valence-corrected chi connectivity index (χ1v) is 6.89. The number of aryl methyl sites for hydroxylation is 2. The molecule has 0 fully saturated rings. The van der Waals surface area contributed by atoms with Crippen molar-refractivity contribution in [2.75, 3.05) is 0 Å². The van der Waals surface area contributed by atoms with Gasteiger partial charge in [0.2, 0.25) is 0 Å². The summed E-state index contributed by atoms with van der Waals surface area (Å²) in [6, 6.07) is 0. The van der Waals surface area contributed by atoms with Gasteiger partial charge in [-0.05, 0) is 13.3 Å². The second kappa shape index (κ2) is 5.86. The molecular weight excluding hydrogens is 244 g/mol. The van der Waals surface area contributed by atoms with Crippen LogP contribution in [0.3, 0.4) is 0 Å². The van der Waals surface area contributed by atoms with Gasteiger partial charge in [0.1, 0.15) is 11.3 Å². The van der Waals surface area contributed by atoms with Crippen molar-refractivity contribution >= 4 is 11.2 Å². The van der Waals surface area contributed by atoms with E-state index in [1.165, 1.54) is 17.4 Å². The van der Waals surface area contributed by atoms with Crippen LogP contribution in [0.1, 0.15) is 45.4 Å². The molecule has 0 amide bonds. The monoisotopic (exact) mass is 264 g/mol. The van der Waals surface area contributed by atoms with Gasteiger partial charge in [0, 0.05) is 13.0 Å². The molecule has 0 aliphatic heterocycles. The highest BCUT2D eigenvalue weighted by molar-refractivity contribution is 5.69. The van der Waals surface area contributed by atoms with Crippen LogP contribution in [0, 0.1) is 0 Å². The summed E-state index contributed by atoms with van der Waals surface area (Å²) in [4.78, 5) is 33.1. The molecule has 2 rings (SSSR count). The van der Waals surface area contributed by atoms with Crippen LogP contribution in [0.2, 0.25) is 0 Å². The van der Waals surface area contributed by atoms with Crippen LogP contribution in [0.25, 0.3) is 11.2 Å². The van der Waals surface area contributed by atoms with Crippen molar-refractivity contribution in [1.29, 1.82) is 0 Å². The lowest BCUT2D eigenvalue weighted by molar-refractivity contribution is 0.655. The Labute approximate surface area is 110 Å². The summed E-state index contributed by atoms with van der Waals surface area (Å²) in [5.41, 5.74) is 0.0646. The molecule has 0 aliphatic rings. The zero-order valence-corrected chi connectivity index (χ0v) is 11.5. The van der Waals surface area contributed by atoms with Gasteiger partial charge in [-0.15, -0.1) is 0 Å². The van der Waals surface area contributed by atoms with Crippen LogP contribution >= 0.6 is 0 Å². The molecule has 104 valence electrons. The zero-order valence-electron chi connectivity index (χ0n) is 11.5. The third-order valence-corrected chi connectivity index (χ3v) is 3.27. The fraction of sp³-hybridized carbons (Fsp3) is 0.615. The van der Waals surface area contributed by atoms with Crippen molar-refractivity contribution in [2.24, 2.45) is 0 Å². The van der Waals surface area contributed by atoms with E-state index >= 15 is 0 Å². The van der Waals surface area contributed by atoms with Crippen LogP contribution in [-0.4, -0.2) is 19.5 Å². The number of imidazole rings is 1. The molecule has 2 heterocycles. The number of hydrogen-bond acceptors (Lipinski definition) is 3. The molecule has 2 aromatic heterocycles. The summed E-state index contributed by atoms with van der Waals surface area (Å²) in [6.45, 7) is 4.52. The van der Waals surface area contributed by atoms with E-state index < -0.39 is 11.2 Å². The predicted molar refractivity (Wildman–Crippen MR) is 74.5 cm³/mol. The maximum atomic E-state index is 11.7. The molecule has 19 heavy (non-hydrogen) atoms. The molecular formula is C13H20N4O2. The number of rotatable bonds is 6. The zero-order chi connectivity index (χ0) is 13.8. The molecule has 0 saturated carbocycles. The maximum absolute atomic E-state index is 11.7. The van der Waals surface area contributed by atoms with E-state index in [0.29, 0.717) is 17.7 Å². The minimum absolute atomic E-state index is 0.392. The average Bonchev–Trinajstić information content (AvgIpc) is 2.79. The Balaban J connectivity index is 2.32. The van der Waals surface area contributed by atoms with Crippen molar-refractivity contribution < 1.29 is 0 Å². The lowest BCUT2D eigenvalue weighted by Gasteiger charge is -1.99. The Morgan fingerprint density at radius 1 is 1.11 bits per heavy atom. The largest absolute Gasteiger partial charge is 0.336 e. The summed E-state index contributed by atoms with van der Waals surface area (Å²) in [5, 5.41) is 0. The van der Waals surface area contributed by atoms with Gasteiger partial charge in [0.25, 0.3) is 5.56 Å². The smallest absolute Gasteiger partial charge is 0.330 e. The lowest BCUT2D eigenvalue weighted by Crippen LogP contribution is -2.29. The minimum Gasteiger partial charge on any atom is -0.336 e. The molecule has 0 atom stereocenters. The van der Waals surface area contributed by atoms with E-state index in [2.05, 4.69) is 21.9 Å². The predicted octanol–water partition coefficient (Wildman–Crippen LogP) is 1.56. The first-order valence-electron chi connectivity index (χ1n) is 6.89. The van der Waals surface area contributed by atoms with Crippen LogP contribution in [0.5, 0.6) is 0 Å². The van der Waals surface area contributed by atoms with Crippen LogP contribution in [-0.2, 0) is 13.0 Å². The number of aromatic amines is 2. The number of H-pyrrole nitrogens is 2. The average molecular weight is 264 g/mol. The quantitative estimate of drug-likeness (QED) is 0.776. The van der Waals surface area contributed by atoms with Crippen LogP contribution in [0.4, 0.5) is 0 Å². The van der Waals surface area contributed by atoms with Gasteiger partial charge in [0.05, 0.1) is 0 Å². The third kappa shape index (κ3) is 2.77. The molecule has 0 bridgehead atoms. The first kappa shape index (κ1) is 13.6. The van der Waals surface area contributed by atoms with Gasteiger partial charge in [-0.2, -0.15) is 0 Å². The molecule has 0 spiro atoms. The van der Waals surface area contributed by atoms with Crippen LogP contribution < -0.4 is 11.2 Å². The molecule has 6 heteroatoms. The van der Waals surface area contributed by atoms with Gasteiger partial charge < -0.3 is 4.98 Å². The molecule has 0 radical (unpaired) electrons. The number of nitrogens with zero attached hydrogens (tertiary/aromatic N) is 2. The number of fused-ring (bicyclic) bond motifs is 1. The molecule has 0 aliphatic carbocycles. The molecule has 2 N–H and O–H groups in total. The normalized spacial score (nSPS) is 11.3. The van der Waals surface area contributed by atoms with Crippen molar-refractivity contribution in [3.63, 3.8) is 0 Å². The van der Waals surface area contributed by atoms with Gasteiger partial charge in [0.15, 0.2) is 5.65 Å². The van der Waals surface area contributed by atoms with Crippen molar-refractivity contribution in [1.82, 2.24) is 19.5 Å². The SMILES string of the molecule is CCCCCCc1nc2c([nH]1)c(=O)[nH]c(=O)n2CC. The van der Waals surface area contributed by atoms with Crippen molar-refractivity contribution in [2.45, 2.75) is 52.5 Å². The van der Waals surface area contributed by atoms with Crippen molar-refractivity contribution in [3.8, 4) is 0 Å². The van der Waals surface area contributed by atoms with Crippen LogP contribution in [0.15, 0.2) is 9.59 Å². The number of nitrogens with one attached hydrogen (secondary N) is 2. The summed E-state index contributed by atoms with van der Waals surface area (Å²) in [5.74, 6) is 0.782. The van der Waals surface area contributed by atoms with Gasteiger partial charge in [-0.25, -0.2) is 9.78 Å². The van der Waals surface area contributed by atoms with E-state index in [4.69, 9.17) is 0 Å². The second-order valence-electron chi connectivity index (χ2n) is 4.70. The second-order valence-corrected chi connectivity index (χ2v) is 4.70. The molecule has 0 aromatic carbocycles. The molecule has 2 aromatic rings. The van der Waals surface area contributed by atoms with E-state index in [-0.39, 0.29) is 0 Å². The Morgan fingerprint density at radius 3 is 2.58 bits per heavy atom. The van der Waals surface area contributed by atoms with Crippen molar-refractivity contribution in [3.05, 3.63) is 26.7 Å². The number of unbranched alkanes of at least 4 members (excludes halogenated alkanes) is 3. The highest BCUT2D eigenvalue weighted by Crippen LogP contribution is 2.09. The Kier molecular flexibility index (Phi) is 4.19. The van der Waals surface area contributed by atoms with E-state index in [9.17, 15) is 9.59 Å². The number of aromatic nitrogens is 4. The third-order valence-electron chi connectivity index (χ3n) is 3.27. The highest BCUT2D eigenvalue weighted by Gasteiger charge is 2.11. The van der Waals surface area contributed by atoms with E-state index in [0.717, 1.165) is 25.1 Å². The molecule has 0 unspecified atom stereocenters. The molecule has 6 nitrogen and oxygen atoms in total. The van der Waals surface area contributed by atoms with Gasteiger partial charge in [-0.3, -0.25) is 14.3 Å². The standard InChI is InChI=1S/C13H20N4O2/c1-3-5-6-7-8-9-14-10-11(15-9)17(4-2)13(19)16-12(10)18/h3-8H2,1-2H3,(H,14,15)(H,16,18,19). The minimum atomic E-state index is -0.399. The fourth-order valence-corrected chi connectivity index (χ4v) is 2.22. The van der Waals surface area contributed by atoms with E-state index in [1.807, 2.05) is 6.92 Å². The molecule has 0 saturated heterocycles. The summed E-state index contributed by atoms with van der Waals surface area (Å²) in [7, 11) is 0. The topological polar surface area (TPSA) is 83.5 Å². The van der Waals surface area contributed by atoms with Gasteiger partial charge >= 0.3 is 5.69 Å². The van der Waals surface area contributed by atoms with E-state index in [1.54, 1.807) is 0 Å². The summed E-state index contributed by atoms with van der Waals surface area (Å²) in [6.07, 6.45) is 5.41. The summed E-state index contributed by atoms with van der Waals surface area (Å²) < 4.78 is 1.47. The maximum Gasteiger partial charge on any atom is 0.330 e. The summed E-state index contributed by atoms with van der Waals surface area (Å²) >= 11 is 0. The first-order chi connectivity index (χ1) is 9.17. The van der Waals surface area contributed by atoms with Gasteiger partial charge in [-0.1, -0.05) is 26.2 Å². The Morgan fingerprint density at radius 2 is 1.89 bits per heavy atom. The Hall–Kier alpha value is -1.85. The highest BCUT2D eigenvalue weighted by atomic mass is 16.2.